The van der Waals surface area contributed by atoms with Crippen LogP contribution in [0.4, 0.5) is 0 Å². The number of benzene rings is 1. The van der Waals surface area contributed by atoms with Gasteiger partial charge >= 0.3 is 0 Å². The standard InChI is InChI=1S/C13H17N3S/c1-11-12(9-14)10-16(15-11)7-8-17-13-5-3-2-4-6-13/h2-6,10H,7-9,14H2,1H3. The molecule has 0 aliphatic heterocycles. The Morgan fingerprint density at radius 1 is 1.29 bits per heavy atom. The molecule has 0 radical (unpaired) electrons. The van der Waals surface area contributed by atoms with Gasteiger partial charge in [0.15, 0.2) is 0 Å². The van der Waals surface area contributed by atoms with Crippen molar-refractivity contribution < 1.29 is 0 Å². The Bertz CT molecular complexity index is 465. The van der Waals surface area contributed by atoms with Gasteiger partial charge in [0.2, 0.25) is 0 Å². The smallest absolute Gasteiger partial charge is 0.0638 e. The van der Waals surface area contributed by atoms with Gasteiger partial charge < -0.3 is 5.73 Å². The van der Waals surface area contributed by atoms with Crippen LogP contribution in [0, 0.1) is 6.92 Å². The van der Waals surface area contributed by atoms with Crippen molar-refractivity contribution in [2.45, 2.75) is 24.9 Å². The van der Waals surface area contributed by atoms with Crippen molar-refractivity contribution in [1.29, 1.82) is 0 Å². The molecule has 0 fully saturated rings. The molecule has 2 aromatic rings. The monoisotopic (exact) mass is 247 g/mol. The maximum atomic E-state index is 5.63. The van der Waals surface area contributed by atoms with Crippen molar-refractivity contribution in [3.05, 3.63) is 47.8 Å². The molecule has 0 aliphatic rings. The molecule has 90 valence electrons. The van der Waals surface area contributed by atoms with Crippen molar-refractivity contribution in [2.24, 2.45) is 5.73 Å². The second-order valence-corrected chi connectivity index (χ2v) is 5.04. The minimum absolute atomic E-state index is 0.567. The van der Waals surface area contributed by atoms with Crippen molar-refractivity contribution in [1.82, 2.24) is 9.78 Å². The van der Waals surface area contributed by atoms with Gasteiger partial charge in [-0.2, -0.15) is 5.10 Å². The third-order valence-corrected chi connectivity index (χ3v) is 3.59. The summed E-state index contributed by atoms with van der Waals surface area (Å²) in [6.45, 7) is 3.49. The summed E-state index contributed by atoms with van der Waals surface area (Å²) in [5.41, 5.74) is 7.80. The average Bonchev–Trinajstić information content (AvgIpc) is 2.71. The minimum Gasteiger partial charge on any atom is -0.326 e. The van der Waals surface area contributed by atoms with Crippen LogP contribution in [0.15, 0.2) is 41.4 Å². The molecule has 0 saturated carbocycles. The molecular weight excluding hydrogens is 230 g/mol. The van der Waals surface area contributed by atoms with E-state index in [4.69, 9.17) is 5.73 Å². The Hall–Kier alpha value is -1.26. The van der Waals surface area contributed by atoms with Crippen molar-refractivity contribution in [3.8, 4) is 0 Å². The SMILES string of the molecule is Cc1nn(CCSc2ccccc2)cc1CN. The van der Waals surface area contributed by atoms with E-state index >= 15 is 0 Å². The first-order chi connectivity index (χ1) is 8.29. The summed E-state index contributed by atoms with van der Waals surface area (Å²) in [5.74, 6) is 1.02. The zero-order valence-electron chi connectivity index (χ0n) is 9.97. The Kier molecular flexibility index (Phi) is 4.23. The Morgan fingerprint density at radius 3 is 2.71 bits per heavy atom. The number of aryl methyl sites for hydroxylation is 2. The maximum Gasteiger partial charge on any atom is 0.0638 e. The largest absolute Gasteiger partial charge is 0.326 e. The average molecular weight is 247 g/mol. The molecule has 0 bridgehead atoms. The molecule has 0 spiro atoms. The first kappa shape index (κ1) is 12.2. The van der Waals surface area contributed by atoms with E-state index in [0.717, 1.165) is 23.6 Å². The Labute approximate surface area is 106 Å². The summed E-state index contributed by atoms with van der Waals surface area (Å²) in [4.78, 5) is 1.30. The zero-order valence-corrected chi connectivity index (χ0v) is 10.8. The van der Waals surface area contributed by atoms with Gasteiger partial charge in [0, 0.05) is 29.0 Å². The summed E-state index contributed by atoms with van der Waals surface area (Å²) in [7, 11) is 0. The molecule has 1 aromatic heterocycles. The van der Waals surface area contributed by atoms with Crippen LogP contribution in [0.5, 0.6) is 0 Å². The highest BCUT2D eigenvalue weighted by Gasteiger charge is 2.02. The lowest BCUT2D eigenvalue weighted by Crippen LogP contribution is -2.01. The molecule has 0 unspecified atom stereocenters. The molecule has 1 heterocycles. The van der Waals surface area contributed by atoms with Crippen LogP contribution >= 0.6 is 11.8 Å². The second-order valence-electron chi connectivity index (χ2n) is 3.87. The summed E-state index contributed by atoms with van der Waals surface area (Å²) in [5, 5.41) is 4.44. The maximum absolute atomic E-state index is 5.63. The van der Waals surface area contributed by atoms with E-state index in [1.54, 1.807) is 0 Å². The third-order valence-electron chi connectivity index (χ3n) is 2.60. The summed E-state index contributed by atoms with van der Waals surface area (Å²) in [6.07, 6.45) is 2.04. The highest BCUT2D eigenvalue weighted by Crippen LogP contribution is 2.17. The quantitative estimate of drug-likeness (QED) is 0.825. The molecule has 2 rings (SSSR count). The molecule has 3 nitrogen and oxygen atoms in total. The number of nitrogens with zero attached hydrogens (tertiary/aromatic N) is 2. The van der Waals surface area contributed by atoms with E-state index in [1.807, 2.05) is 35.6 Å². The molecule has 0 atom stereocenters. The fraction of sp³-hybridized carbons (Fsp3) is 0.308. The van der Waals surface area contributed by atoms with Crippen molar-refractivity contribution >= 4 is 11.8 Å². The van der Waals surface area contributed by atoms with Crippen LogP contribution in [0.25, 0.3) is 0 Å². The molecule has 4 heteroatoms. The Balaban J connectivity index is 1.86. The van der Waals surface area contributed by atoms with Gasteiger partial charge in [0.1, 0.15) is 0 Å². The molecule has 1 aromatic carbocycles. The van der Waals surface area contributed by atoms with E-state index < -0.39 is 0 Å². The van der Waals surface area contributed by atoms with Gasteiger partial charge in [-0.3, -0.25) is 4.68 Å². The molecular formula is C13H17N3S. The highest BCUT2D eigenvalue weighted by atomic mass is 32.2. The van der Waals surface area contributed by atoms with Gasteiger partial charge in [-0.15, -0.1) is 11.8 Å². The highest BCUT2D eigenvalue weighted by molar-refractivity contribution is 7.99. The van der Waals surface area contributed by atoms with Gasteiger partial charge in [0.25, 0.3) is 0 Å². The number of thioether (sulfide) groups is 1. The topological polar surface area (TPSA) is 43.8 Å². The zero-order chi connectivity index (χ0) is 12.1. The van der Waals surface area contributed by atoms with Gasteiger partial charge in [0.05, 0.1) is 12.2 Å². The normalized spacial score (nSPS) is 10.7. The van der Waals surface area contributed by atoms with Crippen molar-refractivity contribution in [2.75, 3.05) is 5.75 Å². The van der Waals surface area contributed by atoms with Crippen LogP contribution in [0.2, 0.25) is 0 Å². The van der Waals surface area contributed by atoms with Gasteiger partial charge in [-0.25, -0.2) is 0 Å². The van der Waals surface area contributed by atoms with Crippen LogP contribution in [0.3, 0.4) is 0 Å². The van der Waals surface area contributed by atoms with Crippen LogP contribution in [0.1, 0.15) is 11.3 Å². The Morgan fingerprint density at radius 2 is 2.06 bits per heavy atom. The minimum atomic E-state index is 0.567. The second kappa shape index (κ2) is 5.89. The molecule has 0 saturated heterocycles. The van der Waals surface area contributed by atoms with Crippen LogP contribution < -0.4 is 5.73 Å². The van der Waals surface area contributed by atoms with Crippen LogP contribution in [-0.4, -0.2) is 15.5 Å². The van der Waals surface area contributed by atoms with E-state index in [9.17, 15) is 0 Å². The first-order valence-electron chi connectivity index (χ1n) is 5.70. The first-order valence-corrected chi connectivity index (χ1v) is 6.69. The molecule has 0 amide bonds. The number of nitrogens with two attached hydrogens (primary N) is 1. The number of hydrogen-bond acceptors (Lipinski definition) is 3. The summed E-state index contributed by atoms with van der Waals surface area (Å²) >= 11 is 1.85. The predicted molar refractivity (Wildman–Crippen MR) is 72.0 cm³/mol. The summed E-state index contributed by atoms with van der Waals surface area (Å²) in [6, 6.07) is 10.4. The fourth-order valence-corrected chi connectivity index (χ4v) is 2.51. The lowest BCUT2D eigenvalue weighted by Gasteiger charge is -2.01. The number of aromatic nitrogens is 2. The molecule has 17 heavy (non-hydrogen) atoms. The number of hydrogen-bond donors (Lipinski definition) is 1. The summed E-state index contributed by atoms with van der Waals surface area (Å²) < 4.78 is 1.98. The van der Waals surface area contributed by atoms with Gasteiger partial charge in [-0.1, -0.05) is 18.2 Å². The van der Waals surface area contributed by atoms with Crippen LogP contribution in [-0.2, 0) is 13.1 Å². The molecule has 2 N–H and O–H groups in total. The van der Waals surface area contributed by atoms with E-state index in [0.29, 0.717) is 6.54 Å². The lowest BCUT2D eigenvalue weighted by atomic mass is 10.3. The lowest BCUT2D eigenvalue weighted by molar-refractivity contribution is 0.659. The van der Waals surface area contributed by atoms with E-state index in [2.05, 4.69) is 29.4 Å². The fourth-order valence-electron chi connectivity index (χ4n) is 1.65. The molecule has 0 aliphatic carbocycles. The predicted octanol–water partition coefficient (Wildman–Crippen LogP) is 2.44. The number of rotatable bonds is 5. The van der Waals surface area contributed by atoms with E-state index in [-0.39, 0.29) is 0 Å². The third kappa shape index (κ3) is 3.35. The van der Waals surface area contributed by atoms with Gasteiger partial charge in [-0.05, 0) is 19.1 Å². The van der Waals surface area contributed by atoms with E-state index in [1.165, 1.54) is 4.90 Å². The van der Waals surface area contributed by atoms with Crippen molar-refractivity contribution in [3.63, 3.8) is 0 Å².